The van der Waals surface area contributed by atoms with E-state index in [1.54, 1.807) is 25.2 Å². The van der Waals surface area contributed by atoms with Crippen molar-refractivity contribution in [2.45, 2.75) is 20.0 Å². The second kappa shape index (κ2) is 9.50. The molecule has 0 aliphatic carbocycles. The maximum Gasteiger partial charge on any atom is 0.251 e. The van der Waals surface area contributed by atoms with E-state index in [1.165, 1.54) is 0 Å². The number of guanidine groups is 1. The molecule has 1 amide bonds. The first-order valence-corrected chi connectivity index (χ1v) is 8.30. The van der Waals surface area contributed by atoms with E-state index in [9.17, 15) is 13.6 Å². The van der Waals surface area contributed by atoms with Crippen molar-refractivity contribution in [1.29, 1.82) is 0 Å². The number of benzene rings is 2. The molecule has 2 aromatic carbocycles. The van der Waals surface area contributed by atoms with E-state index in [-0.39, 0.29) is 18.0 Å². The highest BCUT2D eigenvalue weighted by Gasteiger charge is 2.06. The highest BCUT2D eigenvalue weighted by molar-refractivity contribution is 5.94. The molecule has 7 heteroatoms. The lowest BCUT2D eigenvalue weighted by Gasteiger charge is -2.12. The van der Waals surface area contributed by atoms with Crippen LogP contribution in [0.4, 0.5) is 8.78 Å². The van der Waals surface area contributed by atoms with E-state index in [1.807, 2.05) is 13.0 Å². The van der Waals surface area contributed by atoms with Crippen molar-refractivity contribution in [2.75, 3.05) is 13.6 Å². The highest BCUT2D eigenvalue weighted by Crippen LogP contribution is 2.09. The van der Waals surface area contributed by atoms with Gasteiger partial charge in [0.1, 0.15) is 11.6 Å². The number of aliphatic imine (C=N–C) groups is 1. The van der Waals surface area contributed by atoms with Crippen molar-refractivity contribution in [1.82, 2.24) is 16.0 Å². The minimum Gasteiger partial charge on any atom is -0.357 e. The summed E-state index contributed by atoms with van der Waals surface area (Å²) in [6.07, 6.45) is 0. The Labute approximate surface area is 151 Å². The fraction of sp³-hybridized carbons (Fsp3) is 0.263. The quantitative estimate of drug-likeness (QED) is 0.548. The summed E-state index contributed by atoms with van der Waals surface area (Å²) in [7, 11) is 1.58. The Kier molecular flexibility index (Phi) is 7.08. The van der Waals surface area contributed by atoms with Crippen molar-refractivity contribution >= 4 is 11.9 Å². The number of halogens is 2. The number of nitrogens with zero attached hydrogens (tertiary/aromatic N) is 1. The second-order valence-electron chi connectivity index (χ2n) is 5.56. The standard InChI is InChI=1S/C19H22F2N4O/c1-3-23-19(25-12-15-10-16(20)7-8-17(15)21)24-11-13-5-4-6-14(9-13)18(26)22-2/h4-10H,3,11-12H2,1-2H3,(H,22,26)(H2,23,24,25). The van der Waals surface area contributed by atoms with Gasteiger partial charge in [-0.1, -0.05) is 12.1 Å². The Morgan fingerprint density at radius 3 is 2.65 bits per heavy atom. The maximum atomic E-state index is 13.7. The molecular formula is C19H22F2N4O. The van der Waals surface area contributed by atoms with Crippen LogP contribution in [0.5, 0.6) is 0 Å². The SMILES string of the molecule is CCNC(=NCc1cccc(C(=O)NC)c1)NCc1cc(F)ccc1F. The average Bonchev–Trinajstić information content (AvgIpc) is 2.66. The summed E-state index contributed by atoms with van der Waals surface area (Å²) in [5, 5.41) is 8.60. The van der Waals surface area contributed by atoms with Gasteiger partial charge in [0.05, 0.1) is 6.54 Å². The van der Waals surface area contributed by atoms with Gasteiger partial charge >= 0.3 is 0 Å². The lowest BCUT2D eigenvalue weighted by Crippen LogP contribution is -2.37. The normalized spacial score (nSPS) is 11.2. The van der Waals surface area contributed by atoms with Gasteiger partial charge in [0.2, 0.25) is 0 Å². The first-order chi connectivity index (χ1) is 12.5. The number of carbonyl (C=O) groups is 1. The zero-order valence-electron chi connectivity index (χ0n) is 14.8. The first kappa shape index (κ1) is 19.4. The van der Waals surface area contributed by atoms with Crippen LogP contribution in [-0.2, 0) is 13.1 Å². The van der Waals surface area contributed by atoms with E-state index in [0.29, 0.717) is 24.6 Å². The van der Waals surface area contributed by atoms with Crippen LogP contribution in [0.2, 0.25) is 0 Å². The Hall–Kier alpha value is -2.96. The summed E-state index contributed by atoms with van der Waals surface area (Å²) < 4.78 is 27.0. The Bertz CT molecular complexity index is 793. The average molecular weight is 360 g/mol. The van der Waals surface area contributed by atoms with Crippen LogP contribution >= 0.6 is 0 Å². The molecule has 0 radical (unpaired) electrons. The Morgan fingerprint density at radius 2 is 1.92 bits per heavy atom. The van der Waals surface area contributed by atoms with Crippen molar-refractivity contribution in [3.8, 4) is 0 Å². The molecule has 0 fully saturated rings. The number of amides is 1. The minimum atomic E-state index is -0.490. The van der Waals surface area contributed by atoms with E-state index in [2.05, 4.69) is 20.9 Å². The third kappa shape index (κ3) is 5.54. The van der Waals surface area contributed by atoms with Crippen molar-refractivity contribution in [2.24, 2.45) is 4.99 Å². The lowest BCUT2D eigenvalue weighted by atomic mass is 10.1. The molecule has 0 aliphatic rings. The summed E-state index contributed by atoms with van der Waals surface area (Å²) >= 11 is 0. The van der Waals surface area contributed by atoms with E-state index < -0.39 is 11.6 Å². The molecule has 26 heavy (non-hydrogen) atoms. The molecule has 0 aromatic heterocycles. The number of carbonyl (C=O) groups excluding carboxylic acids is 1. The second-order valence-corrected chi connectivity index (χ2v) is 5.56. The fourth-order valence-electron chi connectivity index (χ4n) is 2.33. The monoisotopic (exact) mass is 360 g/mol. The van der Waals surface area contributed by atoms with E-state index in [0.717, 1.165) is 23.8 Å². The van der Waals surface area contributed by atoms with Gasteiger partial charge in [-0.05, 0) is 42.8 Å². The minimum absolute atomic E-state index is 0.105. The van der Waals surface area contributed by atoms with Crippen molar-refractivity contribution < 1.29 is 13.6 Å². The number of nitrogens with one attached hydrogen (secondary N) is 3. The van der Waals surface area contributed by atoms with Gasteiger partial charge in [0.15, 0.2) is 5.96 Å². The van der Waals surface area contributed by atoms with Crippen molar-refractivity contribution in [3.63, 3.8) is 0 Å². The van der Waals surface area contributed by atoms with Crippen molar-refractivity contribution in [3.05, 3.63) is 70.8 Å². The summed E-state index contributed by atoms with van der Waals surface area (Å²) in [5.74, 6) is -0.659. The molecule has 0 aliphatic heterocycles. The van der Waals surface area contributed by atoms with Crippen LogP contribution in [-0.4, -0.2) is 25.5 Å². The molecule has 0 heterocycles. The number of hydrogen-bond donors (Lipinski definition) is 3. The Balaban J connectivity index is 2.06. The summed E-state index contributed by atoms with van der Waals surface area (Å²) in [4.78, 5) is 16.1. The molecular weight excluding hydrogens is 338 g/mol. The summed E-state index contributed by atoms with van der Waals surface area (Å²) in [5.41, 5.74) is 1.64. The van der Waals surface area contributed by atoms with Gasteiger partial charge in [-0.2, -0.15) is 0 Å². The van der Waals surface area contributed by atoms with Gasteiger partial charge < -0.3 is 16.0 Å². The predicted octanol–water partition coefficient (Wildman–Crippen LogP) is 2.58. The van der Waals surface area contributed by atoms with E-state index >= 15 is 0 Å². The number of rotatable bonds is 6. The van der Waals surface area contributed by atoms with Crippen LogP contribution in [0.3, 0.4) is 0 Å². The molecule has 0 saturated carbocycles. The molecule has 0 spiro atoms. The van der Waals surface area contributed by atoms with Gasteiger partial charge in [0.25, 0.3) is 5.91 Å². The number of hydrogen-bond acceptors (Lipinski definition) is 2. The van der Waals surface area contributed by atoms with E-state index in [4.69, 9.17) is 0 Å². The molecule has 3 N–H and O–H groups in total. The molecule has 2 rings (SSSR count). The predicted molar refractivity (Wildman–Crippen MR) is 97.8 cm³/mol. The molecule has 0 unspecified atom stereocenters. The molecule has 138 valence electrons. The molecule has 0 atom stereocenters. The van der Waals surface area contributed by atoms with Gasteiger partial charge in [-0.25, -0.2) is 13.8 Å². The highest BCUT2D eigenvalue weighted by atomic mass is 19.1. The van der Waals surface area contributed by atoms with Gasteiger partial charge in [0, 0.05) is 31.3 Å². The first-order valence-electron chi connectivity index (χ1n) is 8.30. The van der Waals surface area contributed by atoms with Crippen LogP contribution in [0.25, 0.3) is 0 Å². The lowest BCUT2D eigenvalue weighted by molar-refractivity contribution is 0.0963. The van der Waals surface area contributed by atoms with Crippen LogP contribution in [0.1, 0.15) is 28.4 Å². The topological polar surface area (TPSA) is 65.5 Å². The summed E-state index contributed by atoms with van der Waals surface area (Å²) in [6, 6.07) is 10.5. The summed E-state index contributed by atoms with van der Waals surface area (Å²) in [6.45, 7) is 2.97. The third-order valence-electron chi connectivity index (χ3n) is 3.63. The van der Waals surface area contributed by atoms with Crippen LogP contribution in [0.15, 0.2) is 47.5 Å². The zero-order chi connectivity index (χ0) is 18.9. The third-order valence-corrected chi connectivity index (χ3v) is 3.63. The molecule has 5 nitrogen and oxygen atoms in total. The van der Waals surface area contributed by atoms with Crippen LogP contribution < -0.4 is 16.0 Å². The van der Waals surface area contributed by atoms with Gasteiger partial charge in [-0.15, -0.1) is 0 Å². The van der Waals surface area contributed by atoms with Gasteiger partial charge in [-0.3, -0.25) is 4.79 Å². The van der Waals surface area contributed by atoms with Crippen LogP contribution in [0, 0.1) is 11.6 Å². The fourth-order valence-corrected chi connectivity index (χ4v) is 2.33. The molecule has 0 saturated heterocycles. The molecule has 0 bridgehead atoms. The maximum absolute atomic E-state index is 13.7. The zero-order valence-corrected chi connectivity index (χ0v) is 14.8. The largest absolute Gasteiger partial charge is 0.357 e. The smallest absolute Gasteiger partial charge is 0.251 e. The molecule has 2 aromatic rings. The Morgan fingerprint density at radius 1 is 1.12 bits per heavy atom.